The minimum absolute atomic E-state index is 0.00199. The molecule has 0 fully saturated rings. The van der Waals surface area contributed by atoms with Gasteiger partial charge >= 0.3 is 0 Å². The standard InChI is InChI=1S/C16H10FN3O/c17-14-6-5-11(7-12(14)8-18)10-20-15-4-2-1-3-13(15)16(21)9-19-20/h1-7,9H,10H2. The Labute approximate surface area is 119 Å². The van der Waals surface area contributed by atoms with E-state index in [4.69, 9.17) is 5.26 Å². The zero-order chi connectivity index (χ0) is 14.8. The fourth-order valence-electron chi connectivity index (χ4n) is 2.22. The van der Waals surface area contributed by atoms with Crippen LogP contribution >= 0.6 is 0 Å². The van der Waals surface area contributed by atoms with E-state index >= 15 is 0 Å². The van der Waals surface area contributed by atoms with Gasteiger partial charge in [0.15, 0.2) is 0 Å². The van der Waals surface area contributed by atoms with E-state index in [-0.39, 0.29) is 11.0 Å². The summed E-state index contributed by atoms with van der Waals surface area (Å²) in [6.07, 6.45) is 1.26. The number of rotatable bonds is 2. The zero-order valence-electron chi connectivity index (χ0n) is 11.0. The Morgan fingerprint density at radius 3 is 2.86 bits per heavy atom. The molecule has 0 bridgehead atoms. The van der Waals surface area contributed by atoms with Crippen LogP contribution in [0.4, 0.5) is 4.39 Å². The average molecular weight is 279 g/mol. The molecule has 0 aliphatic rings. The second-order valence-electron chi connectivity index (χ2n) is 4.61. The number of nitrogens with zero attached hydrogens (tertiary/aromatic N) is 3. The first kappa shape index (κ1) is 13.0. The number of halogens is 1. The van der Waals surface area contributed by atoms with Crippen LogP contribution < -0.4 is 5.43 Å². The van der Waals surface area contributed by atoms with Crippen molar-refractivity contribution < 1.29 is 4.39 Å². The number of fused-ring (bicyclic) bond motifs is 1. The number of nitriles is 1. The molecular weight excluding hydrogens is 269 g/mol. The maximum absolute atomic E-state index is 13.3. The van der Waals surface area contributed by atoms with Crippen LogP contribution in [0.5, 0.6) is 0 Å². The summed E-state index contributed by atoms with van der Waals surface area (Å²) in [5.74, 6) is -0.543. The first-order valence-electron chi connectivity index (χ1n) is 6.32. The average Bonchev–Trinajstić information content (AvgIpc) is 2.52. The van der Waals surface area contributed by atoms with Gasteiger partial charge in [-0.05, 0) is 29.8 Å². The Hall–Kier alpha value is -3.00. The number of para-hydroxylation sites is 1. The van der Waals surface area contributed by atoms with Gasteiger partial charge in [0.25, 0.3) is 0 Å². The van der Waals surface area contributed by atoms with E-state index in [1.807, 2.05) is 12.1 Å². The van der Waals surface area contributed by atoms with Gasteiger partial charge in [0.1, 0.15) is 11.9 Å². The van der Waals surface area contributed by atoms with E-state index in [9.17, 15) is 9.18 Å². The van der Waals surface area contributed by atoms with Crippen LogP contribution in [0, 0.1) is 17.1 Å². The lowest BCUT2D eigenvalue weighted by molar-refractivity contribution is 0.621. The fraction of sp³-hybridized carbons (Fsp3) is 0.0625. The third-order valence-corrected chi connectivity index (χ3v) is 3.25. The summed E-state index contributed by atoms with van der Waals surface area (Å²) in [5.41, 5.74) is 1.30. The van der Waals surface area contributed by atoms with Gasteiger partial charge in [0, 0.05) is 5.39 Å². The molecule has 0 atom stereocenters. The number of hydrogen-bond donors (Lipinski definition) is 0. The van der Waals surface area contributed by atoms with Crippen molar-refractivity contribution in [1.29, 1.82) is 5.26 Å². The predicted molar refractivity (Wildman–Crippen MR) is 76.2 cm³/mol. The van der Waals surface area contributed by atoms with Crippen molar-refractivity contribution in [3.63, 3.8) is 0 Å². The van der Waals surface area contributed by atoms with Crippen molar-refractivity contribution in [2.45, 2.75) is 6.54 Å². The third-order valence-electron chi connectivity index (χ3n) is 3.25. The maximum atomic E-state index is 13.3. The fourth-order valence-corrected chi connectivity index (χ4v) is 2.22. The molecule has 0 aliphatic carbocycles. The summed E-state index contributed by atoms with van der Waals surface area (Å²) in [6, 6.07) is 13.3. The summed E-state index contributed by atoms with van der Waals surface area (Å²) in [6.45, 7) is 0.357. The van der Waals surface area contributed by atoms with Crippen molar-refractivity contribution in [3.8, 4) is 6.07 Å². The van der Waals surface area contributed by atoms with E-state index in [1.165, 1.54) is 18.3 Å². The summed E-state index contributed by atoms with van der Waals surface area (Å²) in [7, 11) is 0. The molecule has 4 nitrogen and oxygen atoms in total. The van der Waals surface area contributed by atoms with E-state index < -0.39 is 5.82 Å². The molecule has 5 heteroatoms. The lowest BCUT2D eigenvalue weighted by Crippen LogP contribution is -2.13. The molecule has 0 N–H and O–H groups in total. The normalized spacial score (nSPS) is 10.5. The molecule has 0 aliphatic heterocycles. The van der Waals surface area contributed by atoms with Gasteiger partial charge in [-0.25, -0.2) is 4.39 Å². The Morgan fingerprint density at radius 2 is 2.05 bits per heavy atom. The quantitative estimate of drug-likeness (QED) is 0.724. The summed E-state index contributed by atoms with van der Waals surface area (Å²) >= 11 is 0. The van der Waals surface area contributed by atoms with Crippen molar-refractivity contribution >= 4 is 10.9 Å². The van der Waals surface area contributed by atoms with Crippen LogP contribution in [-0.2, 0) is 6.54 Å². The van der Waals surface area contributed by atoms with Gasteiger partial charge in [-0.1, -0.05) is 18.2 Å². The lowest BCUT2D eigenvalue weighted by atomic mass is 10.1. The summed E-state index contributed by atoms with van der Waals surface area (Å²) < 4.78 is 15.0. The molecule has 1 aromatic heterocycles. The second-order valence-corrected chi connectivity index (χ2v) is 4.61. The monoisotopic (exact) mass is 279 g/mol. The molecule has 1 heterocycles. The molecule has 21 heavy (non-hydrogen) atoms. The van der Waals surface area contributed by atoms with Gasteiger partial charge in [-0.15, -0.1) is 0 Å². The topological polar surface area (TPSA) is 58.7 Å². The predicted octanol–water partition coefficient (Wildman–Crippen LogP) is 2.46. The molecule has 0 amide bonds. The van der Waals surface area contributed by atoms with Crippen molar-refractivity contribution in [3.05, 3.63) is 75.8 Å². The van der Waals surface area contributed by atoms with Gasteiger partial charge in [0.2, 0.25) is 5.43 Å². The smallest absolute Gasteiger partial charge is 0.207 e. The summed E-state index contributed by atoms with van der Waals surface area (Å²) in [4.78, 5) is 11.8. The number of aromatic nitrogens is 2. The van der Waals surface area contributed by atoms with Gasteiger partial charge in [0.05, 0.1) is 23.8 Å². The highest BCUT2D eigenvalue weighted by atomic mass is 19.1. The number of hydrogen-bond acceptors (Lipinski definition) is 3. The molecule has 0 radical (unpaired) electrons. The molecule has 2 aromatic carbocycles. The molecule has 0 unspecified atom stereocenters. The second kappa shape index (κ2) is 5.17. The first-order chi connectivity index (χ1) is 10.2. The van der Waals surface area contributed by atoms with Crippen molar-refractivity contribution in [2.75, 3.05) is 0 Å². The Balaban J connectivity index is 2.09. The van der Waals surface area contributed by atoms with Crippen molar-refractivity contribution in [1.82, 2.24) is 9.78 Å². The van der Waals surface area contributed by atoms with Crippen molar-refractivity contribution in [2.24, 2.45) is 0 Å². The Kier molecular flexibility index (Phi) is 3.20. The minimum Gasteiger partial charge on any atom is -0.287 e. The van der Waals surface area contributed by atoms with E-state index in [0.717, 1.165) is 5.56 Å². The largest absolute Gasteiger partial charge is 0.287 e. The van der Waals surface area contributed by atoms with Crippen LogP contribution in [-0.4, -0.2) is 9.78 Å². The first-order valence-corrected chi connectivity index (χ1v) is 6.32. The molecule has 3 aromatic rings. The minimum atomic E-state index is -0.543. The van der Waals surface area contributed by atoms with Gasteiger partial charge < -0.3 is 0 Å². The van der Waals surface area contributed by atoms with Crippen LogP contribution in [0.3, 0.4) is 0 Å². The van der Waals surface area contributed by atoms with E-state index in [2.05, 4.69) is 5.10 Å². The van der Waals surface area contributed by atoms with Gasteiger partial charge in [-0.3, -0.25) is 9.48 Å². The van der Waals surface area contributed by atoms with Crippen LogP contribution in [0.15, 0.2) is 53.5 Å². The molecule has 0 saturated carbocycles. The Bertz CT molecular complexity index is 925. The number of benzene rings is 2. The SMILES string of the molecule is N#Cc1cc(Cn2ncc(=O)c3ccccc32)ccc1F. The molecular formula is C16H10FN3O. The summed E-state index contributed by atoms with van der Waals surface area (Å²) in [5, 5.41) is 13.5. The molecule has 0 spiro atoms. The molecule has 3 rings (SSSR count). The zero-order valence-corrected chi connectivity index (χ0v) is 11.0. The maximum Gasteiger partial charge on any atom is 0.207 e. The highest BCUT2D eigenvalue weighted by molar-refractivity contribution is 5.77. The highest BCUT2D eigenvalue weighted by Crippen LogP contribution is 2.13. The Morgan fingerprint density at radius 1 is 1.24 bits per heavy atom. The van der Waals surface area contributed by atoms with Crippen LogP contribution in [0.25, 0.3) is 10.9 Å². The lowest BCUT2D eigenvalue weighted by Gasteiger charge is -2.09. The van der Waals surface area contributed by atoms with E-state index in [1.54, 1.807) is 28.9 Å². The van der Waals surface area contributed by atoms with Gasteiger partial charge in [-0.2, -0.15) is 10.4 Å². The molecule has 102 valence electrons. The van der Waals surface area contributed by atoms with Crippen LogP contribution in [0.2, 0.25) is 0 Å². The molecule has 0 saturated heterocycles. The third kappa shape index (κ3) is 2.39. The van der Waals surface area contributed by atoms with E-state index in [0.29, 0.717) is 17.4 Å². The highest BCUT2D eigenvalue weighted by Gasteiger charge is 2.06. The van der Waals surface area contributed by atoms with Crippen LogP contribution in [0.1, 0.15) is 11.1 Å².